The molecule has 1 aromatic heterocycles. The lowest BCUT2D eigenvalue weighted by Gasteiger charge is -2.12. The summed E-state index contributed by atoms with van der Waals surface area (Å²) in [5.74, 6) is 1.31. The maximum atomic E-state index is 12.2. The predicted molar refractivity (Wildman–Crippen MR) is 133 cm³/mol. The van der Waals surface area contributed by atoms with Crippen molar-refractivity contribution in [3.8, 4) is 17.1 Å². The minimum atomic E-state index is -0.0122. The first-order valence-electron chi connectivity index (χ1n) is 10.6. The first-order chi connectivity index (χ1) is 16.1. The highest BCUT2D eigenvalue weighted by Gasteiger charge is 2.23. The van der Waals surface area contributed by atoms with E-state index in [0.29, 0.717) is 33.2 Å². The standard InChI is InChI=1S/C25H20Cl2N4OS/c26-18-4-3-5-20(14-18)31-23(21-6-1-2-7-22(21)27)29-30-25(31)33-15-16-8-10-17(11-9-16)24(32)28-19-12-13-19/h1-11,14,19H,12-13,15H2,(H,28,32). The highest BCUT2D eigenvalue weighted by Crippen LogP contribution is 2.33. The Kier molecular flexibility index (Phi) is 6.40. The van der Waals surface area contributed by atoms with Gasteiger partial charge in [-0.2, -0.15) is 0 Å². The molecule has 1 heterocycles. The highest BCUT2D eigenvalue weighted by atomic mass is 35.5. The number of thioether (sulfide) groups is 1. The molecule has 0 bridgehead atoms. The van der Waals surface area contributed by atoms with Crippen LogP contribution in [0, 0.1) is 0 Å². The summed E-state index contributed by atoms with van der Waals surface area (Å²) in [5, 5.41) is 13.9. The van der Waals surface area contributed by atoms with E-state index in [1.165, 1.54) is 0 Å². The number of hydrogen-bond donors (Lipinski definition) is 1. The Morgan fingerprint density at radius 3 is 2.52 bits per heavy atom. The third kappa shape index (κ3) is 5.08. The van der Waals surface area contributed by atoms with Crippen LogP contribution in [0.1, 0.15) is 28.8 Å². The average Bonchev–Trinajstić information content (AvgIpc) is 3.54. The van der Waals surface area contributed by atoms with Crippen LogP contribution in [0.4, 0.5) is 0 Å². The van der Waals surface area contributed by atoms with Crippen LogP contribution < -0.4 is 5.32 Å². The summed E-state index contributed by atoms with van der Waals surface area (Å²) in [6.07, 6.45) is 2.15. The number of nitrogens with one attached hydrogen (secondary N) is 1. The Labute approximate surface area is 206 Å². The van der Waals surface area contributed by atoms with Crippen LogP contribution in [-0.2, 0) is 5.75 Å². The van der Waals surface area contributed by atoms with Crippen LogP contribution in [-0.4, -0.2) is 26.7 Å². The summed E-state index contributed by atoms with van der Waals surface area (Å²) >= 11 is 14.3. The summed E-state index contributed by atoms with van der Waals surface area (Å²) < 4.78 is 1.97. The van der Waals surface area contributed by atoms with Crippen LogP contribution in [0.15, 0.2) is 78.0 Å². The summed E-state index contributed by atoms with van der Waals surface area (Å²) in [6, 6.07) is 23.2. The third-order valence-corrected chi connectivity index (χ3v) is 6.88. The van der Waals surface area contributed by atoms with Crippen molar-refractivity contribution in [1.82, 2.24) is 20.1 Å². The van der Waals surface area contributed by atoms with Crippen molar-refractivity contribution < 1.29 is 4.79 Å². The number of nitrogens with zero attached hydrogens (tertiary/aromatic N) is 3. The fourth-order valence-corrected chi connectivity index (χ4v) is 4.74. The lowest BCUT2D eigenvalue weighted by Crippen LogP contribution is -2.25. The van der Waals surface area contributed by atoms with Crippen molar-refractivity contribution in [2.75, 3.05) is 0 Å². The Morgan fingerprint density at radius 2 is 1.79 bits per heavy atom. The van der Waals surface area contributed by atoms with Crippen LogP contribution >= 0.6 is 35.0 Å². The SMILES string of the molecule is O=C(NC1CC1)c1ccc(CSc2nnc(-c3ccccc3Cl)n2-c2cccc(Cl)c2)cc1. The van der Waals surface area contributed by atoms with Gasteiger partial charge in [0.25, 0.3) is 5.91 Å². The number of aromatic nitrogens is 3. The fourth-order valence-electron chi connectivity index (χ4n) is 3.43. The first kappa shape index (κ1) is 22.0. The Morgan fingerprint density at radius 1 is 1.00 bits per heavy atom. The van der Waals surface area contributed by atoms with Crippen LogP contribution in [0.3, 0.4) is 0 Å². The largest absolute Gasteiger partial charge is 0.349 e. The van der Waals surface area contributed by atoms with Crippen LogP contribution in [0.2, 0.25) is 10.0 Å². The third-order valence-electron chi connectivity index (χ3n) is 5.31. The Balaban J connectivity index is 1.41. The minimum Gasteiger partial charge on any atom is -0.349 e. The molecule has 1 aliphatic carbocycles. The normalized spacial score (nSPS) is 13.2. The molecule has 166 valence electrons. The summed E-state index contributed by atoms with van der Waals surface area (Å²) in [5.41, 5.74) is 3.42. The van der Waals surface area contributed by atoms with E-state index < -0.39 is 0 Å². The van der Waals surface area contributed by atoms with Gasteiger partial charge in [-0.05, 0) is 60.9 Å². The second-order valence-electron chi connectivity index (χ2n) is 7.83. The van der Waals surface area contributed by atoms with Gasteiger partial charge < -0.3 is 5.32 Å². The van der Waals surface area contributed by atoms with Gasteiger partial charge in [0.2, 0.25) is 0 Å². The minimum absolute atomic E-state index is 0.0122. The number of rotatable bonds is 7. The molecule has 0 spiro atoms. The van der Waals surface area contributed by atoms with Gasteiger partial charge in [-0.1, -0.05) is 65.3 Å². The molecule has 0 radical (unpaired) electrons. The first-order valence-corrected chi connectivity index (χ1v) is 12.3. The number of hydrogen-bond acceptors (Lipinski definition) is 4. The van der Waals surface area contributed by atoms with Gasteiger partial charge in [-0.3, -0.25) is 9.36 Å². The monoisotopic (exact) mass is 494 g/mol. The maximum Gasteiger partial charge on any atom is 0.251 e. The molecule has 1 N–H and O–H groups in total. The Hall–Kier alpha value is -2.80. The molecule has 1 fully saturated rings. The molecule has 5 nitrogen and oxygen atoms in total. The molecule has 0 unspecified atom stereocenters. The number of benzene rings is 3. The molecule has 33 heavy (non-hydrogen) atoms. The molecular formula is C25H20Cl2N4OS. The van der Waals surface area contributed by atoms with Gasteiger partial charge in [-0.25, -0.2) is 0 Å². The summed E-state index contributed by atoms with van der Waals surface area (Å²) in [7, 11) is 0. The van der Waals surface area contributed by atoms with E-state index in [1.54, 1.807) is 11.8 Å². The van der Waals surface area contributed by atoms with Gasteiger partial charge in [0.05, 0.1) is 10.7 Å². The van der Waals surface area contributed by atoms with E-state index in [0.717, 1.165) is 34.8 Å². The van der Waals surface area contributed by atoms with E-state index in [9.17, 15) is 4.79 Å². The summed E-state index contributed by atoms with van der Waals surface area (Å²) in [4.78, 5) is 12.2. The van der Waals surface area contributed by atoms with E-state index in [2.05, 4.69) is 15.5 Å². The number of carbonyl (C=O) groups is 1. The average molecular weight is 495 g/mol. The number of carbonyl (C=O) groups excluding carboxylic acids is 1. The van der Waals surface area contributed by atoms with E-state index in [-0.39, 0.29) is 5.91 Å². The maximum absolute atomic E-state index is 12.2. The topological polar surface area (TPSA) is 59.8 Å². The van der Waals surface area contributed by atoms with Gasteiger partial charge in [0, 0.05) is 27.9 Å². The molecule has 1 amide bonds. The molecule has 3 aromatic carbocycles. The second-order valence-corrected chi connectivity index (χ2v) is 9.62. The Bertz CT molecular complexity index is 1300. The van der Waals surface area contributed by atoms with Crippen molar-refractivity contribution >= 4 is 40.9 Å². The van der Waals surface area contributed by atoms with Gasteiger partial charge >= 0.3 is 0 Å². The fraction of sp³-hybridized carbons (Fsp3) is 0.160. The number of halogens is 2. The second kappa shape index (κ2) is 9.59. The predicted octanol–water partition coefficient (Wildman–Crippen LogP) is 6.43. The zero-order valence-corrected chi connectivity index (χ0v) is 19.9. The number of amides is 1. The van der Waals surface area contributed by atoms with Crippen molar-refractivity contribution in [2.24, 2.45) is 0 Å². The van der Waals surface area contributed by atoms with Crippen molar-refractivity contribution in [2.45, 2.75) is 29.8 Å². The van der Waals surface area contributed by atoms with Gasteiger partial charge in [0.1, 0.15) is 0 Å². The molecule has 8 heteroatoms. The van der Waals surface area contributed by atoms with Crippen molar-refractivity contribution in [3.05, 3.63) is 94.0 Å². The highest BCUT2D eigenvalue weighted by molar-refractivity contribution is 7.98. The molecule has 0 atom stereocenters. The van der Waals surface area contributed by atoms with E-state index >= 15 is 0 Å². The van der Waals surface area contributed by atoms with Crippen molar-refractivity contribution in [3.63, 3.8) is 0 Å². The van der Waals surface area contributed by atoms with Crippen LogP contribution in [0.25, 0.3) is 17.1 Å². The smallest absolute Gasteiger partial charge is 0.251 e. The molecule has 5 rings (SSSR count). The molecule has 0 saturated heterocycles. The van der Waals surface area contributed by atoms with Gasteiger partial charge in [-0.15, -0.1) is 10.2 Å². The summed E-state index contributed by atoms with van der Waals surface area (Å²) in [6.45, 7) is 0. The van der Waals surface area contributed by atoms with Crippen LogP contribution in [0.5, 0.6) is 0 Å². The molecule has 4 aromatic rings. The molecule has 0 aliphatic heterocycles. The van der Waals surface area contributed by atoms with Crippen molar-refractivity contribution in [1.29, 1.82) is 0 Å². The lowest BCUT2D eigenvalue weighted by molar-refractivity contribution is 0.0951. The van der Waals surface area contributed by atoms with E-state index in [4.69, 9.17) is 23.2 Å². The molecule has 1 aliphatic rings. The zero-order valence-electron chi connectivity index (χ0n) is 17.5. The van der Waals surface area contributed by atoms with Gasteiger partial charge in [0.15, 0.2) is 11.0 Å². The lowest BCUT2D eigenvalue weighted by atomic mass is 10.1. The quantitative estimate of drug-likeness (QED) is 0.301. The van der Waals surface area contributed by atoms with E-state index in [1.807, 2.05) is 77.4 Å². The molecular weight excluding hydrogens is 475 g/mol. The zero-order chi connectivity index (χ0) is 22.8. The molecule has 1 saturated carbocycles.